The van der Waals surface area contributed by atoms with E-state index < -0.39 is 6.36 Å². The quantitative estimate of drug-likeness (QED) is 0.532. The highest BCUT2D eigenvalue weighted by molar-refractivity contribution is 6.04. The third kappa shape index (κ3) is 6.05. The summed E-state index contributed by atoms with van der Waals surface area (Å²) in [6.07, 6.45) is -2.90. The molecule has 0 aliphatic carbocycles. The van der Waals surface area contributed by atoms with Gasteiger partial charge in [0.2, 0.25) is 0 Å². The van der Waals surface area contributed by atoms with E-state index in [1.807, 2.05) is 19.9 Å². The maximum atomic E-state index is 12.8. The molecule has 1 aliphatic rings. The molecule has 1 aromatic heterocycles. The number of anilines is 2. The number of aromatic nitrogens is 1. The monoisotopic (exact) mass is 471 g/mol. The molecule has 0 bridgehead atoms. The fraction of sp³-hybridized carbons (Fsp3) is 0.280. The fourth-order valence-electron chi connectivity index (χ4n) is 3.90. The third-order valence-corrected chi connectivity index (χ3v) is 5.30. The Morgan fingerprint density at radius 3 is 2.35 bits per heavy atom. The molecule has 34 heavy (non-hydrogen) atoms. The molecule has 2 atom stereocenters. The summed E-state index contributed by atoms with van der Waals surface area (Å²) in [6.45, 7) is 5.55. The molecule has 178 valence electrons. The van der Waals surface area contributed by atoms with Crippen molar-refractivity contribution in [2.75, 3.05) is 23.3 Å². The molecule has 1 N–H and O–H groups in total. The lowest BCUT2D eigenvalue weighted by Gasteiger charge is -2.36. The van der Waals surface area contributed by atoms with Crippen molar-refractivity contribution in [2.24, 2.45) is 0 Å². The van der Waals surface area contributed by atoms with Crippen LogP contribution in [0.5, 0.6) is 5.75 Å². The maximum Gasteiger partial charge on any atom is 0.573 e. The summed E-state index contributed by atoms with van der Waals surface area (Å²) in [4.78, 5) is 19.4. The number of benzene rings is 2. The number of nitrogens with one attached hydrogen (secondary N) is 1. The molecule has 9 heteroatoms. The molecule has 0 unspecified atom stereocenters. The first-order chi connectivity index (χ1) is 16.2. The summed E-state index contributed by atoms with van der Waals surface area (Å²) in [5.74, 6) is 0.198. The Morgan fingerprint density at radius 1 is 1.03 bits per heavy atom. The molecule has 4 rings (SSSR count). The number of hydrogen-bond donors (Lipinski definition) is 1. The van der Waals surface area contributed by atoms with Gasteiger partial charge in [-0.15, -0.1) is 13.2 Å². The van der Waals surface area contributed by atoms with Crippen LogP contribution in [-0.4, -0.2) is 42.6 Å². The molecular formula is C25H24F3N3O3. The van der Waals surface area contributed by atoms with Gasteiger partial charge in [0.05, 0.1) is 24.1 Å². The van der Waals surface area contributed by atoms with Crippen molar-refractivity contribution in [3.8, 4) is 16.9 Å². The minimum Gasteiger partial charge on any atom is -0.406 e. The van der Waals surface area contributed by atoms with Gasteiger partial charge in [0.1, 0.15) is 11.6 Å². The summed E-state index contributed by atoms with van der Waals surface area (Å²) in [6, 6.07) is 16.0. The van der Waals surface area contributed by atoms with Gasteiger partial charge >= 0.3 is 6.36 Å². The topological polar surface area (TPSA) is 63.7 Å². The molecule has 3 aromatic rings. The SMILES string of the molecule is C[C@@H]1CN(c2ccc(NC(=O)c3cccc(-c4ccc(OC(F)(F)F)cc4)c3)cn2)C[C@H](C)O1. The Kier molecular flexibility index (Phi) is 6.74. The minimum absolute atomic E-state index is 0.116. The van der Waals surface area contributed by atoms with E-state index in [-0.39, 0.29) is 23.9 Å². The van der Waals surface area contributed by atoms with Crippen molar-refractivity contribution in [1.29, 1.82) is 0 Å². The number of nitrogens with zero attached hydrogens (tertiary/aromatic N) is 2. The highest BCUT2D eigenvalue weighted by atomic mass is 19.4. The van der Waals surface area contributed by atoms with Crippen molar-refractivity contribution in [1.82, 2.24) is 4.98 Å². The smallest absolute Gasteiger partial charge is 0.406 e. The van der Waals surface area contributed by atoms with Crippen LogP contribution in [0.4, 0.5) is 24.7 Å². The van der Waals surface area contributed by atoms with E-state index in [4.69, 9.17) is 4.74 Å². The van der Waals surface area contributed by atoms with Gasteiger partial charge in [0, 0.05) is 18.7 Å². The molecule has 0 spiro atoms. The molecule has 1 aliphatic heterocycles. The maximum absolute atomic E-state index is 12.8. The number of amides is 1. The number of hydrogen-bond acceptors (Lipinski definition) is 5. The third-order valence-electron chi connectivity index (χ3n) is 5.30. The lowest BCUT2D eigenvalue weighted by Crippen LogP contribution is -2.45. The lowest BCUT2D eigenvalue weighted by atomic mass is 10.0. The zero-order valence-electron chi connectivity index (χ0n) is 18.7. The second-order valence-corrected chi connectivity index (χ2v) is 8.17. The van der Waals surface area contributed by atoms with Crippen LogP contribution in [-0.2, 0) is 4.74 Å². The first-order valence-electron chi connectivity index (χ1n) is 10.8. The molecule has 1 saturated heterocycles. The molecule has 1 fully saturated rings. The average molecular weight is 471 g/mol. The molecule has 2 heterocycles. The van der Waals surface area contributed by atoms with Crippen LogP contribution in [0.1, 0.15) is 24.2 Å². The highest BCUT2D eigenvalue weighted by Crippen LogP contribution is 2.27. The fourth-order valence-corrected chi connectivity index (χ4v) is 3.90. The van der Waals surface area contributed by atoms with Crippen LogP contribution in [0.25, 0.3) is 11.1 Å². The van der Waals surface area contributed by atoms with E-state index in [0.717, 1.165) is 18.9 Å². The van der Waals surface area contributed by atoms with Crippen LogP contribution in [0.2, 0.25) is 0 Å². The van der Waals surface area contributed by atoms with Gasteiger partial charge in [0.25, 0.3) is 5.91 Å². The molecular weight excluding hydrogens is 447 g/mol. The normalized spacial score (nSPS) is 18.4. The van der Waals surface area contributed by atoms with Crippen molar-refractivity contribution in [2.45, 2.75) is 32.4 Å². The Labute approximate surface area is 195 Å². The largest absolute Gasteiger partial charge is 0.573 e. The summed E-state index contributed by atoms with van der Waals surface area (Å²) in [5.41, 5.74) is 2.31. The van der Waals surface area contributed by atoms with Gasteiger partial charge in [-0.2, -0.15) is 0 Å². The van der Waals surface area contributed by atoms with Gasteiger partial charge in [-0.3, -0.25) is 4.79 Å². The number of halogens is 3. The van der Waals surface area contributed by atoms with Crippen LogP contribution in [0, 0.1) is 0 Å². The van der Waals surface area contributed by atoms with Crippen LogP contribution in [0.3, 0.4) is 0 Å². The van der Waals surface area contributed by atoms with Crippen LogP contribution < -0.4 is 15.0 Å². The first-order valence-corrected chi connectivity index (χ1v) is 10.8. The number of carbonyl (C=O) groups excluding carboxylic acids is 1. The van der Waals surface area contributed by atoms with Gasteiger partial charge < -0.3 is 19.7 Å². The van der Waals surface area contributed by atoms with Crippen LogP contribution in [0.15, 0.2) is 66.9 Å². The van der Waals surface area contributed by atoms with Crippen molar-refractivity contribution < 1.29 is 27.4 Å². The zero-order chi connectivity index (χ0) is 24.3. The zero-order valence-corrected chi connectivity index (χ0v) is 18.7. The Hall–Kier alpha value is -3.59. The predicted molar refractivity (Wildman–Crippen MR) is 123 cm³/mol. The Bertz CT molecular complexity index is 1120. The van der Waals surface area contributed by atoms with Crippen LogP contribution >= 0.6 is 0 Å². The standard InChI is InChI=1S/C25H24F3N3O3/c1-16-14-31(15-17(2)33-16)23-11-8-21(13-29-23)30-24(32)20-5-3-4-19(12-20)18-6-9-22(10-7-18)34-25(26,27)28/h3-13,16-17H,14-15H2,1-2H3,(H,30,32)/t16-,17+. The van der Waals surface area contributed by atoms with Crippen molar-refractivity contribution in [3.63, 3.8) is 0 Å². The summed E-state index contributed by atoms with van der Waals surface area (Å²) in [7, 11) is 0. The number of morpholine rings is 1. The number of ether oxygens (including phenoxy) is 2. The summed E-state index contributed by atoms with van der Waals surface area (Å²) in [5, 5.41) is 2.83. The average Bonchev–Trinajstić information content (AvgIpc) is 2.78. The van der Waals surface area contributed by atoms with Gasteiger partial charge in [0.15, 0.2) is 0 Å². The highest BCUT2D eigenvalue weighted by Gasteiger charge is 2.31. The van der Waals surface area contributed by atoms with E-state index in [2.05, 4.69) is 19.9 Å². The summed E-state index contributed by atoms with van der Waals surface area (Å²) >= 11 is 0. The van der Waals surface area contributed by atoms with E-state index >= 15 is 0 Å². The van der Waals surface area contributed by atoms with E-state index in [1.54, 1.807) is 36.5 Å². The lowest BCUT2D eigenvalue weighted by molar-refractivity contribution is -0.274. The molecule has 0 saturated carbocycles. The first kappa shape index (κ1) is 23.6. The van der Waals surface area contributed by atoms with Gasteiger partial charge in [-0.1, -0.05) is 24.3 Å². The molecule has 0 radical (unpaired) electrons. The number of carbonyl (C=O) groups is 1. The van der Waals surface area contributed by atoms with Crippen molar-refractivity contribution in [3.05, 3.63) is 72.4 Å². The number of alkyl halides is 3. The number of rotatable bonds is 5. The molecule has 2 aromatic carbocycles. The van der Waals surface area contributed by atoms with E-state index in [0.29, 0.717) is 22.4 Å². The summed E-state index contributed by atoms with van der Waals surface area (Å²) < 4.78 is 46.7. The van der Waals surface area contributed by atoms with Gasteiger partial charge in [-0.25, -0.2) is 4.98 Å². The Balaban J connectivity index is 1.42. The minimum atomic E-state index is -4.74. The molecule has 6 nitrogen and oxygen atoms in total. The molecule has 1 amide bonds. The van der Waals surface area contributed by atoms with Gasteiger partial charge in [-0.05, 0) is 61.4 Å². The second kappa shape index (κ2) is 9.72. The predicted octanol–water partition coefficient (Wildman–Crippen LogP) is 5.51. The van der Waals surface area contributed by atoms with Crippen molar-refractivity contribution >= 4 is 17.4 Å². The number of pyridine rings is 1. The van der Waals surface area contributed by atoms with E-state index in [1.165, 1.54) is 24.3 Å². The Morgan fingerprint density at radius 2 is 1.74 bits per heavy atom. The second-order valence-electron chi connectivity index (χ2n) is 8.17. The van der Waals surface area contributed by atoms with E-state index in [9.17, 15) is 18.0 Å².